The van der Waals surface area contributed by atoms with Gasteiger partial charge < -0.3 is 25.0 Å². The first-order chi connectivity index (χ1) is 13.6. The van der Waals surface area contributed by atoms with Gasteiger partial charge in [0.2, 0.25) is 5.91 Å². The van der Waals surface area contributed by atoms with E-state index < -0.39 is 0 Å². The molecule has 2 bridgehead atoms. The maximum Gasteiger partial charge on any atom is 0.223 e. The minimum atomic E-state index is 0.250. The number of nitrogens with zero attached hydrogens (tertiary/aromatic N) is 1. The quantitative estimate of drug-likeness (QED) is 0.736. The summed E-state index contributed by atoms with van der Waals surface area (Å²) in [5, 5.41) is 7.41. The van der Waals surface area contributed by atoms with Crippen LogP contribution in [0.15, 0.2) is 18.2 Å². The third kappa shape index (κ3) is 4.04. The standard InChI is InChI=1S/C21H29N3O3S/c1-26-17-8-9-18(19(12-17)27-2)23-21(28)24-15-4-3-5-16(24)11-14(10-15)22-20(25)13-6-7-13/h8-9,12-16H,3-7,10-11H2,1-2H3,(H,22,25)(H,23,28)/t15-,16-/m0/s1. The van der Waals surface area contributed by atoms with Gasteiger partial charge in [0, 0.05) is 30.1 Å². The van der Waals surface area contributed by atoms with Crippen molar-refractivity contribution in [2.45, 2.75) is 63.1 Å². The number of piperidine rings is 2. The minimum absolute atomic E-state index is 0.250. The first-order valence-corrected chi connectivity index (χ1v) is 10.6. The molecule has 1 amide bonds. The number of nitrogens with one attached hydrogen (secondary N) is 2. The third-order valence-corrected chi connectivity index (χ3v) is 6.47. The fourth-order valence-electron chi connectivity index (χ4n) is 4.58. The van der Waals surface area contributed by atoms with Gasteiger partial charge in [-0.1, -0.05) is 0 Å². The number of hydrogen-bond acceptors (Lipinski definition) is 4. The number of thiocarbonyl (C=S) groups is 1. The number of rotatable bonds is 5. The van der Waals surface area contributed by atoms with Gasteiger partial charge in [-0.3, -0.25) is 4.79 Å². The van der Waals surface area contributed by atoms with Crippen molar-refractivity contribution in [3.63, 3.8) is 0 Å². The van der Waals surface area contributed by atoms with E-state index in [1.165, 1.54) is 6.42 Å². The lowest BCUT2D eigenvalue weighted by atomic mass is 9.82. The summed E-state index contributed by atoms with van der Waals surface area (Å²) < 4.78 is 10.8. The lowest BCUT2D eigenvalue weighted by Crippen LogP contribution is -2.59. The fraction of sp³-hybridized carbons (Fsp3) is 0.619. The molecule has 3 fully saturated rings. The summed E-state index contributed by atoms with van der Waals surface area (Å²) in [6.45, 7) is 0. The van der Waals surface area contributed by atoms with Crippen molar-refractivity contribution in [3.8, 4) is 11.5 Å². The van der Waals surface area contributed by atoms with E-state index in [0.29, 0.717) is 17.8 Å². The smallest absolute Gasteiger partial charge is 0.223 e. The number of carbonyl (C=O) groups excluding carboxylic acids is 1. The zero-order valence-electron chi connectivity index (χ0n) is 16.6. The van der Waals surface area contributed by atoms with Crippen LogP contribution in [0.5, 0.6) is 11.5 Å². The average Bonchev–Trinajstić information content (AvgIpc) is 3.53. The molecule has 0 spiro atoms. The third-order valence-electron chi connectivity index (χ3n) is 6.15. The van der Waals surface area contributed by atoms with Crippen LogP contribution in [0.3, 0.4) is 0 Å². The Morgan fingerprint density at radius 2 is 1.82 bits per heavy atom. The Labute approximate surface area is 171 Å². The van der Waals surface area contributed by atoms with Crippen molar-refractivity contribution in [2.24, 2.45) is 5.92 Å². The Morgan fingerprint density at radius 1 is 1.11 bits per heavy atom. The van der Waals surface area contributed by atoms with Gasteiger partial charge >= 0.3 is 0 Å². The molecule has 2 N–H and O–H groups in total. The predicted octanol–water partition coefficient (Wildman–Crippen LogP) is 3.31. The molecule has 2 heterocycles. The second kappa shape index (κ2) is 8.15. The molecule has 0 unspecified atom stereocenters. The summed E-state index contributed by atoms with van der Waals surface area (Å²) in [7, 11) is 3.28. The van der Waals surface area contributed by atoms with Crippen molar-refractivity contribution in [1.82, 2.24) is 10.2 Å². The topological polar surface area (TPSA) is 62.8 Å². The molecule has 1 aromatic carbocycles. The summed E-state index contributed by atoms with van der Waals surface area (Å²) in [6, 6.07) is 6.71. The zero-order valence-corrected chi connectivity index (χ0v) is 17.4. The van der Waals surface area contributed by atoms with Gasteiger partial charge in [0.25, 0.3) is 0 Å². The van der Waals surface area contributed by atoms with E-state index in [2.05, 4.69) is 15.5 Å². The molecule has 6 nitrogen and oxygen atoms in total. The van der Waals surface area contributed by atoms with Crippen LogP contribution in [-0.2, 0) is 4.79 Å². The fourth-order valence-corrected chi connectivity index (χ4v) is 4.99. The predicted molar refractivity (Wildman–Crippen MR) is 113 cm³/mol. The molecule has 28 heavy (non-hydrogen) atoms. The molecule has 1 aromatic rings. The Bertz CT molecular complexity index is 738. The Morgan fingerprint density at radius 3 is 2.43 bits per heavy atom. The Kier molecular flexibility index (Phi) is 5.62. The number of carbonyl (C=O) groups is 1. The number of methoxy groups -OCH3 is 2. The largest absolute Gasteiger partial charge is 0.497 e. The van der Waals surface area contributed by atoms with Crippen LogP contribution in [-0.4, -0.2) is 48.3 Å². The number of benzene rings is 1. The van der Waals surface area contributed by atoms with Crippen molar-refractivity contribution in [2.75, 3.05) is 19.5 Å². The van der Waals surface area contributed by atoms with E-state index in [-0.39, 0.29) is 17.9 Å². The van der Waals surface area contributed by atoms with Crippen LogP contribution >= 0.6 is 12.2 Å². The SMILES string of the molecule is COc1ccc(NC(=S)N2[C@H]3CCC[C@H]2CC(NC(=O)C2CC2)C3)c(OC)c1. The van der Waals surface area contributed by atoms with Gasteiger partial charge in [-0.15, -0.1) is 0 Å². The molecular weight excluding hydrogens is 374 g/mol. The number of hydrogen-bond donors (Lipinski definition) is 2. The molecule has 2 aliphatic heterocycles. The monoisotopic (exact) mass is 403 g/mol. The molecule has 2 saturated heterocycles. The molecule has 1 aliphatic carbocycles. The van der Waals surface area contributed by atoms with Gasteiger partial charge in [-0.05, 0) is 69.3 Å². The van der Waals surface area contributed by atoms with E-state index in [9.17, 15) is 4.79 Å². The molecule has 4 rings (SSSR count). The van der Waals surface area contributed by atoms with Crippen LogP contribution in [0.25, 0.3) is 0 Å². The van der Waals surface area contributed by atoms with Crippen LogP contribution < -0.4 is 20.1 Å². The van der Waals surface area contributed by atoms with Crippen molar-refractivity contribution >= 4 is 28.9 Å². The van der Waals surface area contributed by atoms with Crippen LogP contribution in [0, 0.1) is 5.92 Å². The molecule has 0 radical (unpaired) electrons. The van der Waals surface area contributed by atoms with E-state index in [1.807, 2.05) is 18.2 Å². The van der Waals surface area contributed by atoms with Gasteiger partial charge in [-0.2, -0.15) is 0 Å². The average molecular weight is 404 g/mol. The van der Waals surface area contributed by atoms with Crippen molar-refractivity contribution in [3.05, 3.63) is 18.2 Å². The van der Waals surface area contributed by atoms with E-state index >= 15 is 0 Å². The zero-order chi connectivity index (χ0) is 19.7. The molecule has 0 aromatic heterocycles. The number of ether oxygens (including phenoxy) is 2. The molecule has 2 atom stereocenters. The normalized spacial score (nSPS) is 26.4. The van der Waals surface area contributed by atoms with Crippen LogP contribution in [0.1, 0.15) is 44.9 Å². The van der Waals surface area contributed by atoms with Gasteiger partial charge in [-0.25, -0.2) is 0 Å². The van der Waals surface area contributed by atoms with Gasteiger partial charge in [0.05, 0.1) is 19.9 Å². The Balaban J connectivity index is 1.43. The molecule has 1 saturated carbocycles. The molecule has 152 valence electrons. The maximum absolute atomic E-state index is 12.2. The second-order valence-corrected chi connectivity index (χ2v) is 8.48. The lowest BCUT2D eigenvalue weighted by molar-refractivity contribution is -0.123. The highest BCUT2D eigenvalue weighted by Crippen LogP contribution is 2.37. The lowest BCUT2D eigenvalue weighted by Gasteiger charge is -2.50. The molecule has 7 heteroatoms. The summed E-state index contributed by atoms with van der Waals surface area (Å²) in [4.78, 5) is 14.5. The maximum atomic E-state index is 12.2. The summed E-state index contributed by atoms with van der Waals surface area (Å²) in [5.74, 6) is 1.97. The number of amides is 1. The summed E-state index contributed by atoms with van der Waals surface area (Å²) in [6.07, 6.45) is 7.50. The van der Waals surface area contributed by atoms with Crippen LogP contribution in [0.2, 0.25) is 0 Å². The van der Waals surface area contributed by atoms with E-state index in [0.717, 1.165) is 55.1 Å². The summed E-state index contributed by atoms with van der Waals surface area (Å²) in [5.41, 5.74) is 0.843. The van der Waals surface area contributed by atoms with Gasteiger partial charge in [0.15, 0.2) is 5.11 Å². The first kappa shape index (κ1) is 19.3. The molecular formula is C21H29N3O3S. The molecule has 3 aliphatic rings. The highest BCUT2D eigenvalue weighted by atomic mass is 32.1. The Hall–Kier alpha value is -2.02. The van der Waals surface area contributed by atoms with Crippen molar-refractivity contribution in [1.29, 1.82) is 0 Å². The highest BCUT2D eigenvalue weighted by Gasteiger charge is 2.41. The van der Waals surface area contributed by atoms with E-state index in [4.69, 9.17) is 21.7 Å². The first-order valence-electron chi connectivity index (χ1n) is 10.2. The number of fused-ring (bicyclic) bond motifs is 2. The van der Waals surface area contributed by atoms with Gasteiger partial charge in [0.1, 0.15) is 11.5 Å². The van der Waals surface area contributed by atoms with Crippen molar-refractivity contribution < 1.29 is 14.3 Å². The minimum Gasteiger partial charge on any atom is -0.497 e. The summed E-state index contributed by atoms with van der Waals surface area (Å²) >= 11 is 5.80. The van der Waals surface area contributed by atoms with Crippen LogP contribution in [0.4, 0.5) is 5.69 Å². The highest BCUT2D eigenvalue weighted by molar-refractivity contribution is 7.80. The van der Waals surface area contributed by atoms with E-state index in [1.54, 1.807) is 14.2 Å². The second-order valence-electron chi connectivity index (χ2n) is 8.09. The number of anilines is 1.